The molecule has 1 atom stereocenters. The van der Waals surface area contributed by atoms with Gasteiger partial charge in [0.15, 0.2) is 0 Å². The quantitative estimate of drug-likeness (QED) is 0.803. The minimum atomic E-state index is -3.79. The van der Waals surface area contributed by atoms with Gasteiger partial charge >= 0.3 is 0 Å². The first-order valence-electron chi connectivity index (χ1n) is 6.76. The molecule has 0 spiro atoms. The lowest BCUT2D eigenvalue weighted by atomic mass is 10.0. The van der Waals surface area contributed by atoms with Crippen LogP contribution in [0.15, 0.2) is 17.0 Å². The maximum absolute atomic E-state index is 12.6. The number of sulfonamides is 1. The number of benzene rings is 1. The van der Waals surface area contributed by atoms with E-state index in [0.717, 1.165) is 0 Å². The van der Waals surface area contributed by atoms with E-state index in [1.807, 2.05) is 20.8 Å². The predicted molar refractivity (Wildman–Crippen MR) is 83.2 cm³/mol. The van der Waals surface area contributed by atoms with Crippen LogP contribution in [0.5, 0.6) is 5.75 Å². The summed E-state index contributed by atoms with van der Waals surface area (Å²) in [6.07, 6.45) is 0.673. The zero-order valence-corrected chi connectivity index (χ0v) is 14.3. The Kier molecular flexibility index (Phi) is 6.46. The van der Waals surface area contributed by atoms with Crippen LogP contribution < -0.4 is 9.46 Å². The highest BCUT2D eigenvalue weighted by atomic mass is 35.5. The summed E-state index contributed by atoms with van der Waals surface area (Å²) >= 11 is 5.94. The van der Waals surface area contributed by atoms with Gasteiger partial charge in [-0.15, -0.1) is 0 Å². The molecule has 1 rings (SSSR count). The number of halogens is 1. The van der Waals surface area contributed by atoms with Crippen molar-refractivity contribution < 1.29 is 18.3 Å². The third-order valence-electron chi connectivity index (χ3n) is 3.31. The van der Waals surface area contributed by atoms with Crippen LogP contribution in [0.3, 0.4) is 0 Å². The van der Waals surface area contributed by atoms with E-state index in [4.69, 9.17) is 16.3 Å². The molecule has 7 heteroatoms. The summed E-state index contributed by atoms with van der Waals surface area (Å²) in [6, 6.07) is 2.63. The van der Waals surface area contributed by atoms with Gasteiger partial charge in [0, 0.05) is 16.6 Å². The van der Waals surface area contributed by atoms with E-state index < -0.39 is 10.0 Å². The van der Waals surface area contributed by atoms with Crippen LogP contribution in [-0.2, 0) is 16.6 Å². The van der Waals surface area contributed by atoms with Crippen molar-refractivity contribution in [2.45, 2.75) is 44.7 Å². The molecular weight excluding hydrogens is 314 g/mol. The van der Waals surface area contributed by atoms with Crippen molar-refractivity contribution in [3.8, 4) is 5.75 Å². The second-order valence-electron chi connectivity index (χ2n) is 5.13. The van der Waals surface area contributed by atoms with Crippen LogP contribution in [-0.4, -0.2) is 26.7 Å². The van der Waals surface area contributed by atoms with E-state index in [9.17, 15) is 13.5 Å². The molecule has 0 radical (unpaired) electrons. The SMILES string of the molecule is CCC(NS(=O)(=O)c1cc(Cl)cc(CO)c1OC)C(C)C. The first-order valence-corrected chi connectivity index (χ1v) is 8.62. The number of rotatable bonds is 7. The molecule has 0 saturated heterocycles. The van der Waals surface area contributed by atoms with Crippen molar-refractivity contribution in [1.29, 1.82) is 0 Å². The largest absolute Gasteiger partial charge is 0.495 e. The molecule has 2 N–H and O–H groups in total. The number of hydrogen-bond donors (Lipinski definition) is 2. The number of ether oxygens (including phenoxy) is 1. The van der Waals surface area contributed by atoms with Gasteiger partial charge in [0.25, 0.3) is 0 Å². The molecule has 1 aromatic rings. The summed E-state index contributed by atoms with van der Waals surface area (Å²) in [5.41, 5.74) is 0.336. The van der Waals surface area contributed by atoms with Gasteiger partial charge in [-0.1, -0.05) is 32.4 Å². The number of methoxy groups -OCH3 is 1. The molecule has 0 aromatic heterocycles. The molecule has 0 heterocycles. The van der Waals surface area contributed by atoms with Gasteiger partial charge in [-0.05, 0) is 24.5 Å². The lowest BCUT2D eigenvalue weighted by molar-refractivity contribution is 0.272. The highest BCUT2D eigenvalue weighted by Crippen LogP contribution is 2.32. The average molecular weight is 336 g/mol. The zero-order chi connectivity index (χ0) is 16.2. The smallest absolute Gasteiger partial charge is 0.244 e. The van der Waals surface area contributed by atoms with Crippen molar-refractivity contribution in [2.24, 2.45) is 5.92 Å². The summed E-state index contributed by atoms with van der Waals surface area (Å²) < 4.78 is 33.0. The fraction of sp³-hybridized carbons (Fsp3) is 0.571. The van der Waals surface area contributed by atoms with E-state index in [1.54, 1.807) is 0 Å². The maximum Gasteiger partial charge on any atom is 0.244 e. The van der Waals surface area contributed by atoms with Crippen LogP contribution >= 0.6 is 11.6 Å². The van der Waals surface area contributed by atoms with Crippen molar-refractivity contribution in [2.75, 3.05) is 7.11 Å². The normalized spacial score (nSPS) is 13.5. The first kappa shape index (κ1) is 18.2. The number of nitrogens with one attached hydrogen (secondary N) is 1. The summed E-state index contributed by atoms with van der Waals surface area (Å²) in [4.78, 5) is -0.0550. The maximum atomic E-state index is 12.6. The van der Waals surface area contributed by atoms with E-state index in [1.165, 1.54) is 19.2 Å². The number of aliphatic hydroxyl groups excluding tert-OH is 1. The Hall–Kier alpha value is -0.820. The molecule has 0 aliphatic heterocycles. The monoisotopic (exact) mass is 335 g/mol. The predicted octanol–water partition coefficient (Wildman–Crippen LogP) is 2.55. The summed E-state index contributed by atoms with van der Waals surface area (Å²) in [6.45, 7) is 5.46. The standard InChI is InChI=1S/C14H22ClNO4S/c1-5-12(9(2)3)16-21(18,19)13-7-11(15)6-10(8-17)14(13)20-4/h6-7,9,12,16-17H,5,8H2,1-4H3. The van der Waals surface area contributed by atoms with Crippen molar-refractivity contribution in [3.63, 3.8) is 0 Å². The average Bonchev–Trinajstić information content (AvgIpc) is 2.43. The molecule has 120 valence electrons. The van der Waals surface area contributed by atoms with Crippen LogP contribution in [0.1, 0.15) is 32.8 Å². The summed E-state index contributed by atoms with van der Waals surface area (Å²) in [5, 5.41) is 9.56. The minimum absolute atomic E-state index is 0.0550. The third kappa shape index (κ3) is 4.32. The topological polar surface area (TPSA) is 75.6 Å². The highest BCUT2D eigenvalue weighted by molar-refractivity contribution is 7.89. The summed E-state index contributed by atoms with van der Waals surface area (Å²) in [5.74, 6) is 0.278. The van der Waals surface area contributed by atoms with Crippen LogP contribution in [0.4, 0.5) is 0 Å². The van der Waals surface area contributed by atoms with Gasteiger partial charge in [0.1, 0.15) is 10.6 Å². The Bertz CT molecular complexity index is 587. The molecule has 0 aliphatic carbocycles. The van der Waals surface area contributed by atoms with Crippen molar-refractivity contribution in [3.05, 3.63) is 22.7 Å². The van der Waals surface area contributed by atoms with Crippen LogP contribution in [0.25, 0.3) is 0 Å². The van der Waals surface area contributed by atoms with Crippen LogP contribution in [0, 0.1) is 5.92 Å². The van der Waals surface area contributed by atoms with Gasteiger partial charge < -0.3 is 9.84 Å². The molecule has 1 aromatic carbocycles. The third-order valence-corrected chi connectivity index (χ3v) is 5.03. The molecule has 21 heavy (non-hydrogen) atoms. The zero-order valence-electron chi connectivity index (χ0n) is 12.7. The molecule has 0 bridgehead atoms. The number of hydrogen-bond acceptors (Lipinski definition) is 4. The Morgan fingerprint density at radius 3 is 2.43 bits per heavy atom. The Morgan fingerprint density at radius 1 is 1.38 bits per heavy atom. The molecule has 5 nitrogen and oxygen atoms in total. The van der Waals surface area contributed by atoms with Gasteiger partial charge in [-0.3, -0.25) is 0 Å². The Balaban J connectivity index is 3.34. The van der Waals surface area contributed by atoms with Gasteiger partial charge in [0.2, 0.25) is 10.0 Å². The molecule has 0 amide bonds. The van der Waals surface area contributed by atoms with E-state index in [0.29, 0.717) is 12.0 Å². The Morgan fingerprint density at radius 2 is 2.00 bits per heavy atom. The molecule has 0 aliphatic rings. The van der Waals surface area contributed by atoms with Gasteiger partial charge in [0.05, 0.1) is 13.7 Å². The minimum Gasteiger partial charge on any atom is -0.495 e. The van der Waals surface area contributed by atoms with Gasteiger partial charge in [-0.2, -0.15) is 0 Å². The Labute approximate surface area is 131 Å². The van der Waals surface area contributed by atoms with Crippen molar-refractivity contribution in [1.82, 2.24) is 4.72 Å². The van der Waals surface area contributed by atoms with E-state index in [-0.39, 0.29) is 34.2 Å². The summed E-state index contributed by atoms with van der Waals surface area (Å²) in [7, 11) is -2.42. The highest BCUT2D eigenvalue weighted by Gasteiger charge is 2.26. The van der Waals surface area contributed by atoms with E-state index >= 15 is 0 Å². The molecule has 1 unspecified atom stereocenters. The fourth-order valence-corrected chi connectivity index (χ4v) is 4.14. The number of aliphatic hydroxyl groups is 1. The first-order chi connectivity index (χ1) is 9.76. The molecular formula is C14H22ClNO4S. The second kappa shape index (κ2) is 7.45. The second-order valence-corrected chi connectivity index (χ2v) is 7.25. The van der Waals surface area contributed by atoms with E-state index in [2.05, 4.69) is 4.72 Å². The van der Waals surface area contributed by atoms with Crippen LogP contribution in [0.2, 0.25) is 5.02 Å². The lowest BCUT2D eigenvalue weighted by Gasteiger charge is -2.22. The molecule has 0 fully saturated rings. The lowest BCUT2D eigenvalue weighted by Crippen LogP contribution is -2.38. The van der Waals surface area contributed by atoms with Gasteiger partial charge in [-0.25, -0.2) is 13.1 Å². The molecule has 0 saturated carbocycles. The fourth-order valence-electron chi connectivity index (χ4n) is 2.13. The van der Waals surface area contributed by atoms with Crippen molar-refractivity contribution >= 4 is 21.6 Å².